The van der Waals surface area contributed by atoms with Crippen molar-refractivity contribution in [3.05, 3.63) is 11.1 Å². The lowest BCUT2D eigenvalue weighted by molar-refractivity contribution is -0.140. The summed E-state index contributed by atoms with van der Waals surface area (Å²) in [5.41, 5.74) is 0.941. The maximum atomic E-state index is 11.1. The summed E-state index contributed by atoms with van der Waals surface area (Å²) in [5, 5.41) is 6.23. The number of hydrogen-bond donors (Lipinski definition) is 1. The highest BCUT2D eigenvalue weighted by molar-refractivity contribution is 7.13. The molecule has 0 saturated carbocycles. The van der Waals surface area contributed by atoms with Gasteiger partial charge in [0, 0.05) is 25.0 Å². The molecule has 2 rings (SSSR count). The average molecular weight is 298 g/mol. The SMILES string of the molecule is COC(=O)CCc1csc(NCCC2CCCCO2)n1. The number of carbonyl (C=O) groups is 1. The number of aryl methyl sites for hydroxylation is 1. The molecule has 0 aromatic carbocycles. The largest absolute Gasteiger partial charge is 0.469 e. The second kappa shape index (κ2) is 8.21. The Labute approximate surface area is 123 Å². The molecular formula is C14H22N2O3S. The quantitative estimate of drug-likeness (QED) is 0.784. The van der Waals surface area contributed by atoms with E-state index in [9.17, 15) is 4.79 Å². The number of nitrogens with zero attached hydrogens (tertiary/aromatic N) is 1. The van der Waals surface area contributed by atoms with Crippen LogP contribution in [-0.2, 0) is 20.7 Å². The molecule has 1 aliphatic rings. The van der Waals surface area contributed by atoms with E-state index in [-0.39, 0.29) is 5.97 Å². The minimum atomic E-state index is -0.193. The molecule has 1 aliphatic heterocycles. The Morgan fingerprint density at radius 3 is 3.25 bits per heavy atom. The van der Waals surface area contributed by atoms with Gasteiger partial charge < -0.3 is 14.8 Å². The number of nitrogens with one attached hydrogen (secondary N) is 1. The van der Waals surface area contributed by atoms with Crippen molar-refractivity contribution in [1.29, 1.82) is 0 Å². The van der Waals surface area contributed by atoms with Crippen LogP contribution in [0.3, 0.4) is 0 Å². The van der Waals surface area contributed by atoms with E-state index < -0.39 is 0 Å². The Kier molecular flexibility index (Phi) is 6.26. The van der Waals surface area contributed by atoms with E-state index in [0.717, 1.165) is 30.4 Å². The Hall–Kier alpha value is -1.14. The topological polar surface area (TPSA) is 60.5 Å². The van der Waals surface area contributed by atoms with Crippen LogP contribution in [0.4, 0.5) is 5.13 Å². The molecule has 1 fully saturated rings. The van der Waals surface area contributed by atoms with Crippen LogP contribution >= 0.6 is 11.3 Å². The second-order valence-electron chi connectivity index (χ2n) is 4.92. The molecule has 1 atom stereocenters. The third kappa shape index (κ3) is 5.09. The molecule has 5 nitrogen and oxygen atoms in total. The van der Waals surface area contributed by atoms with Gasteiger partial charge in [-0.1, -0.05) is 0 Å². The van der Waals surface area contributed by atoms with Gasteiger partial charge in [-0.2, -0.15) is 0 Å². The zero-order valence-electron chi connectivity index (χ0n) is 11.9. The lowest BCUT2D eigenvalue weighted by atomic mass is 10.1. The van der Waals surface area contributed by atoms with Crippen molar-refractivity contribution >= 4 is 22.4 Å². The predicted octanol–water partition coefficient (Wildman–Crippen LogP) is 2.62. The van der Waals surface area contributed by atoms with Crippen LogP contribution in [0.2, 0.25) is 0 Å². The van der Waals surface area contributed by atoms with E-state index >= 15 is 0 Å². The predicted molar refractivity (Wildman–Crippen MR) is 79.1 cm³/mol. The van der Waals surface area contributed by atoms with E-state index in [1.807, 2.05) is 5.38 Å². The molecule has 0 spiro atoms. The highest BCUT2D eigenvalue weighted by atomic mass is 32.1. The lowest BCUT2D eigenvalue weighted by Crippen LogP contribution is -2.21. The minimum absolute atomic E-state index is 0.193. The van der Waals surface area contributed by atoms with Crippen molar-refractivity contribution in [2.75, 3.05) is 25.6 Å². The Balaban J connectivity index is 1.65. The van der Waals surface area contributed by atoms with E-state index in [1.54, 1.807) is 11.3 Å². The monoisotopic (exact) mass is 298 g/mol. The maximum absolute atomic E-state index is 11.1. The molecule has 0 bridgehead atoms. The zero-order valence-corrected chi connectivity index (χ0v) is 12.7. The molecule has 20 heavy (non-hydrogen) atoms. The van der Waals surface area contributed by atoms with Gasteiger partial charge in [-0.25, -0.2) is 4.98 Å². The summed E-state index contributed by atoms with van der Waals surface area (Å²) in [6.45, 7) is 1.79. The molecule has 1 N–H and O–H groups in total. The summed E-state index contributed by atoms with van der Waals surface area (Å²) in [6.07, 6.45) is 6.09. The van der Waals surface area contributed by atoms with Crippen LogP contribution in [-0.4, -0.2) is 37.3 Å². The Bertz CT molecular complexity index is 416. The van der Waals surface area contributed by atoms with Gasteiger partial charge in [0.05, 0.1) is 25.3 Å². The summed E-state index contributed by atoms with van der Waals surface area (Å²) >= 11 is 1.58. The molecule has 2 heterocycles. The summed E-state index contributed by atoms with van der Waals surface area (Å²) in [6, 6.07) is 0. The summed E-state index contributed by atoms with van der Waals surface area (Å²) in [7, 11) is 1.41. The molecule has 1 aromatic heterocycles. The van der Waals surface area contributed by atoms with Gasteiger partial charge in [0.2, 0.25) is 0 Å². The number of esters is 1. The molecular weight excluding hydrogens is 276 g/mol. The molecule has 0 aliphatic carbocycles. The Morgan fingerprint density at radius 1 is 1.60 bits per heavy atom. The van der Waals surface area contributed by atoms with Gasteiger partial charge in [-0.05, 0) is 25.7 Å². The Morgan fingerprint density at radius 2 is 2.50 bits per heavy atom. The third-order valence-corrected chi connectivity index (χ3v) is 4.23. The van der Waals surface area contributed by atoms with Gasteiger partial charge in [0.15, 0.2) is 5.13 Å². The fraction of sp³-hybridized carbons (Fsp3) is 0.714. The fourth-order valence-corrected chi connectivity index (χ4v) is 2.98. The van der Waals surface area contributed by atoms with E-state index in [2.05, 4.69) is 15.0 Å². The van der Waals surface area contributed by atoms with Crippen LogP contribution in [0.5, 0.6) is 0 Å². The van der Waals surface area contributed by atoms with Crippen LogP contribution in [0, 0.1) is 0 Å². The first-order valence-corrected chi connectivity index (χ1v) is 8.02. The number of anilines is 1. The van der Waals surface area contributed by atoms with Gasteiger partial charge in [-0.15, -0.1) is 11.3 Å². The molecule has 0 radical (unpaired) electrons. The van der Waals surface area contributed by atoms with Gasteiger partial charge >= 0.3 is 5.97 Å². The van der Waals surface area contributed by atoms with Crippen LogP contribution in [0.25, 0.3) is 0 Å². The number of hydrogen-bond acceptors (Lipinski definition) is 6. The van der Waals surface area contributed by atoms with Crippen molar-refractivity contribution in [3.63, 3.8) is 0 Å². The number of ether oxygens (including phenoxy) is 2. The highest BCUT2D eigenvalue weighted by Gasteiger charge is 2.13. The first-order valence-electron chi connectivity index (χ1n) is 7.14. The van der Waals surface area contributed by atoms with Crippen LogP contribution in [0.1, 0.15) is 37.8 Å². The van der Waals surface area contributed by atoms with Crippen LogP contribution in [0.15, 0.2) is 5.38 Å². The zero-order chi connectivity index (χ0) is 14.2. The minimum Gasteiger partial charge on any atom is -0.469 e. The molecule has 1 unspecified atom stereocenters. The fourth-order valence-electron chi connectivity index (χ4n) is 2.21. The molecule has 0 amide bonds. The van der Waals surface area contributed by atoms with Crippen molar-refractivity contribution < 1.29 is 14.3 Å². The number of rotatable bonds is 7. The van der Waals surface area contributed by atoms with E-state index in [0.29, 0.717) is 18.9 Å². The summed E-state index contributed by atoms with van der Waals surface area (Å²) in [5.74, 6) is -0.193. The smallest absolute Gasteiger partial charge is 0.305 e. The molecule has 1 saturated heterocycles. The molecule has 112 valence electrons. The van der Waals surface area contributed by atoms with Crippen molar-refractivity contribution in [2.45, 2.75) is 44.6 Å². The molecule has 1 aromatic rings. The highest BCUT2D eigenvalue weighted by Crippen LogP contribution is 2.19. The summed E-state index contributed by atoms with van der Waals surface area (Å²) < 4.78 is 10.3. The summed E-state index contributed by atoms with van der Waals surface area (Å²) in [4.78, 5) is 15.5. The van der Waals surface area contributed by atoms with E-state index in [1.165, 1.54) is 26.4 Å². The molecule has 6 heteroatoms. The first-order chi connectivity index (χ1) is 9.78. The standard InChI is InChI=1S/C14H22N2O3S/c1-18-13(17)6-5-11-10-20-14(16-11)15-8-7-12-4-2-3-9-19-12/h10,12H,2-9H2,1H3,(H,15,16). The van der Waals surface area contributed by atoms with Crippen molar-refractivity contribution in [1.82, 2.24) is 4.98 Å². The van der Waals surface area contributed by atoms with Crippen molar-refractivity contribution in [2.24, 2.45) is 0 Å². The van der Waals surface area contributed by atoms with E-state index in [4.69, 9.17) is 4.74 Å². The number of carbonyl (C=O) groups excluding carboxylic acids is 1. The normalized spacial score (nSPS) is 18.8. The third-order valence-electron chi connectivity index (χ3n) is 3.38. The number of methoxy groups -OCH3 is 1. The number of thiazole rings is 1. The number of aromatic nitrogens is 1. The second-order valence-corrected chi connectivity index (χ2v) is 5.78. The van der Waals surface area contributed by atoms with Crippen LogP contribution < -0.4 is 5.32 Å². The van der Waals surface area contributed by atoms with Gasteiger partial charge in [0.25, 0.3) is 0 Å². The van der Waals surface area contributed by atoms with Crippen molar-refractivity contribution in [3.8, 4) is 0 Å². The van der Waals surface area contributed by atoms with Gasteiger partial charge in [-0.3, -0.25) is 4.79 Å². The first kappa shape index (κ1) is 15.3. The van der Waals surface area contributed by atoms with Gasteiger partial charge in [0.1, 0.15) is 0 Å². The maximum Gasteiger partial charge on any atom is 0.305 e. The lowest BCUT2D eigenvalue weighted by Gasteiger charge is -2.22. The average Bonchev–Trinajstić information content (AvgIpc) is 2.94.